The lowest BCUT2D eigenvalue weighted by atomic mass is 9.91. The van der Waals surface area contributed by atoms with Crippen molar-refractivity contribution in [2.75, 3.05) is 0 Å². The molecule has 0 aromatic rings. The van der Waals surface area contributed by atoms with Gasteiger partial charge in [-0.25, -0.2) is 0 Å². The van der Waals surface area contributed by atoms with Crippen molar-refractivity contribution in [2.45, 2.75) is 143 Å². The number of allylic oxidation sites excluding steroid dienone is 2. The van der Waals surface area contributed by atoms with Crippen molar-refractivity contribution in [3.8, 4) is 0 Å². The summed E-state index contributed by atoms with van der Waals surface area (Å²) in [5.74, 6) is 0. The van der Waals surface area contributed by atoms with E-state index in [0.717, 1.165) is 0 Å². The fourth-order valence-electron chi connectivity index (χ4n) is 3.71. The molecule has 0 saturated carbocycles. The van der Waals surface area contributed by atoms with Crippen molar-refractivity contribution >= 4 is 0 Å². The SMILES string of the molecule is CCCCCCCCC/C(CC)=C(/CCCC)CCCCCCC. The zero-order chi connectivity index (χ0) is 17.9. The molecule has 0 nitrogen and oxygen atoms in total. The molecule has 0 amide bonds. The smallest absolute Gasteiger partial charge is 0.0318 e. The van der Waals surface area contributed by atoms with Crippen molar-refractivity contribution < 1.29 is 0 Å². The minimum Gasteiger partial charge on any atom is -0.0713 e. The number of rotatable bonds is 18. The van der Waals surface area contributed by atoms with Crippen molar-refractivity contribution in [3.63, 3.8) is 0 Å². The quantitative estimate of drug-likeness (QED) is 0.173. The predicted octanol–water partition coefficient (Wildman–Crippen LogP) is 9.38. The minimum absolute atomic E-state index is 1.30. The van der Waals surface area contributed by atoms with Crippen LogP contribution in [0.5, 0.6) is 0 Å². The standard InChI is InChI=1S/C24H48/c1-5-9-12-14-15-17-18-21-23(8-4)24(20-11-7-3)22-19-16-13-10-6-2/h5-22H2,1-4H3/b24-23-. The van der Waals surface area contributed by atoms with E-state index < -0.39 is 0 Å². The number of hydrogen-bond acceptors (Lipinski definition) is 0. The third kappa shape index (κ3) is 14.1. The van der Waals surface area contributed by atoms with Crippen molar-refractivity contribution in [1.82, 2.24) is 0 Å². The maximum atomic E-state index is 2.39. The summed E-state index contributed by atoms with van der Waals surface area (Å²) in [6.07, 6.45) is 25.3. The molecule has 0 spiro atoms. The highest BCUT2D eigenvalue weighted by molar-refractivity contribution is 5.14. The van der Waals surface area contributed by atoms with Crippen LogP contribution in [-0.4, -0.2) is 0 Å². The van der Waals surface area contributed by atoms with Gasteiger partial charge in [0, 0.05) is 0 Å². The summed E-state index contributed by atoms with van der Waals surface area (Å²) in [4.78, 5) is 0. The molecule has 0 heterocycles. The second-order valence-electron chi connectivity index (χ2n) is 7.70. The van der Waals surface area contributed by atoms with Gasteiger partial charge in [-0.2, -0.15) is 0 Å². The van der Waals surface area contributed by atoms with E-state index in [0.29, 0.717) is 0 Å². The van der Waals surface area contributed by atoms with Gasteiger partial charge in [0.25, 0.3) is 0 Å². The molecule has 0 aliphatic rings. The van der Waals surface area contributed by atoms with Crippen LogP contribution in [0, 0.1) is 0 Å². The van der Waals surface area contributed by atoms with E-state index in [1.807, 2.05) is 11.1 Å². The molecular formula is C24H48. The molecule has 0 bridgehead atoms. The first-order valence-electron chi connectivity index (χ1n) is 11.5. The lowest BCUT2D eigenvalue weighted by Gasteiger charge is -2.15. The van der Waals surface area contributed by atoms with Crippen LogP contribution in [-0.2, 0) is 0 Å². The predicted molar refractivity (Wildman–Crippen MR) is 113 cm³/mol. The summed E-state index contributed by atoms with van der Waals surface area (Å²) in [6, 6.07) is 0. The van der Waals surface area contributed by atoms with Crippen molar-refractivity contribution in [2.24, 2.45) is 0 Å². The molecule has 0 rings (SSSR count). The third-order valence-electron chi connectivity index (χ3n) is 5.42. The van der Waals surface area contributed by atoms with Crippen LogP contribution in [0.1, 0.15) is 143 Å². The van der Waals surface area contributed by atoms with Gasteiger partial charge < -0.3 is 0 Å². The average molecular weight is 337 g/mol. The zero-order valence-electron chi connectivity index (χ0n) is 17.7. The molecule has 0 N–H and O–H groups in total. The lowest BCUT2D eigenvalue weighted by molar-refractivity contribution is 0.580. The third-order valence-corrected chi connectivity index (χ3v) is 5.42. The Morgan fingerprint density at radius 2 is 0.750 bits per heavy atom. The first-order chi connectivity index (χ1) is 11.8. The van der Waals surface area contributed by atoms with Crippen LogP contribution in [0.2, 0.25) is 0 Å². The normalized spacial score (nSPS) is 12.5. The van der Waals surface area contributed by atoms with Gasteiger partial charge in [-0.15, -0.1) is 0 Å². The van der Waals surface area contributed by atoms with Crippen LogP contribution >= 0.6 is 0 Å². The van der Waals surface area contributed by atoms with Crippen molar-refractivity contribution in [1.29, 1.82) is 0 Å². The van der Waals surface area contributed by atoms with Crippen LogP contribution in [0.15, 0.2) is 11.1 Å². The molecular weight excluding hydrogens is 288 g/mol. The molecule has 0 atom stereocenters. The van der Waals surface area contributed by atoms with E-state index in [1.165, 1.54) is 116 Å². The summed E-state index contributed by atoms with van der Waals surface area (Å²) in [5.41, 5.74) is 3.68. The van der Waals surface area contributed by atoms with Crippen LogP contribution in [0.4, 0.5) is 0 Å². The Kier molecular flexibility index (Phi) is 18.9. The second kappa shape index (κ2) is 19.1. The molecule has 0 saturated heterocycles. The molecule has 144 valence electrons. The highest BCUT2D eigenvalue weighted by Crippen LogP contribution is 2.26. The van der Waals surface area contributed by atoms with E-state index >= 15 is 0 Å². The summed E-state index contributed by atoms with van der Waals surface area (Å²) < 4.78 is 0. The molecule has 0 fully saturated rings. The van der Waals surface area contributed by atoms with Crippen LogP contribution in [0.25, 0.3) is 0 Å². The van der Waals surface area contributed by atoms with Crippen molar-refractivity contribution in [3.05, 3.63) is 11.1 Å². The molecule has 0 aromatic carbocycles. The van der Waals surface area contributed by atoms with Gasteiger partial charge >= 0.3 is 0 Å². The molecule has 0 heteroatoms. The fourth-order valence-corrected chi connectivity index (χ4v) is 3.71. The van der Waals surface area contributed by atoms with E-state index in [4.69, 9.17) is 0 Å². The Hall–Kier alpha value is -0.260. The molecule has 0 unspecified atom stereocenters. The lowest BCUT2D eigenvalue weighted by Crippen LogP contribution is -1.95. The van der Waals surface area contributed by atoms with E-state index in [-0.39, 0.29) is 0 Å². The fraction of sp³-hybridized carbons (Fsp3) is 0.917. The van der Waals surface area contributed by atoms with Gasteiger partial charge in [0.1, 0.15) is 0 Å². The highest BCUT2D eigenvalue weighted by Gasteiger charge is 2.06. The van der Waals surface area contributed by atoms with Crippen LogP contribution < -0.4 is 0 Å². The summed E-state index contributed by atoms with van der Waals surface area (Å²) >= 11 is 0. The Morgan fingerprint density at radius 3 is 1.21 bits per heavy atom. The molecule has 0 radical (unpaired) electrons. The minimum atomic E-state index is 1.30. The summed E-state index contributed by atoms with van der Waals surface area (Å²) in [6.45, 7) is 9.34. The Morgan fingerprint density at radius 1 is 0.375 bits per heavy atom. The first kappa shape index (κ1) is 23.7. The van der Waals surface area contributed by atoms with E-state index in [2.05, 4.69) is 27.7 Å². The van der Waals surface area contributed by atoms with Gasteiger partial charge in [0.05, 0.1) is 0 Å². The van der Waals surface area contributed by atoms with Gasteiger partial charge in [0.15, 0.2) is 0 Å². The molecule has 0 aliphatic heterocycles. The second-order valence-corrected chi connectivity index (χ2v) is 7.70. The number of hydrogen-bond donors (Lipinski definition) is 0. The van der Waals surface area contributed by atoms with Gasteiger partial charge in [-0.1, -0.05) is 109 Å². The Labute approximate surface area is 154 Å². The molecule has 24 heavy (non-hydrogen) atoms. The maximum absolute atomic E-state index is 2.39. The Bertz CT molecular complexity index is 274. The monoisotopic (exact) mass is 336 g/mol. The topological polar surface area (TPSA) is 0 Å². The molecule has 0 aliphatic carbocycles. The van der Waals surface area contributed by atoms with Gasteiger partial charge in [-0.3, -0.25) is 0 Å². The highest BCUT2D eigenvalue weighted by atomic mass is 14.1. The van der Waals surface area contributed by atoms with Gasteiger partial charge in [-0.05, 0) is 44.9 Å². The molecule has 0 aromatic heterocycles. The maximum Gasteiger partial charge on any atom is -0.0318 e. The van der Waals surface area contributed by atoms with Gasteiger partial charge in [0.2, 0.25) is 0 Å². The Balaban J connectivity index is 4.18. The van der Waals surface area contributed by atoms with E-state index in [1.54, 1.807) is 0 Å². The number of unbranched alkanes of at least 4 members (excludes halogenated alkanes) is 11. The summed E-state index contributed by atoms with van der Waals surface area (Å²) in [7, 11) is 0. The largest absolute Gasteiger partial charge is 0.0713 e. The summed E-state index contributed by atoms with van der Waals surface area (Å²) in [5, 5.41) is 0. The average Bonchev–Trinajstić information content (AvgIpc) is 2.60. The zero-order valence-corrected chi connectivity index (χ0v) is 17.7. The van der Waals surface area contributed by atoms with Crippen LogP contribution in [0.3, 0.4) is 0 Å². The first-order valence-corrected chi connectivity index (χ1v) is 11.5. The van der Waals surface area contributed by atoms with E-state index in [9.17, 15) is 0 Å².